The van der Waals surface area contributed by atoms with Gasteiger partial charge in [0.15, 0.2) is 5.82 Å². The lowest BCUT2D eigenvalue weighted by molar-refractivity contribution is -0.125. The van der Waals surface area contributed by atoms with Crippen molar-refractivity contribution in [1.82, 2.24) is 15.3 Å². The number of amides is 2. The van der Waals surface area contributed by atoms with Gasteiger partial charge in [0.05, 0.1) is 24.4 Å². The maximum absolute atomic E-state index is 13.2. The summed E-state index contributed by atoms with van der Waals surface area (Å²) in [6.45, 7) is 7.23. The molecule has 188 valence electrons. The van der Waals surface area contributed by atoms with Gasteiger partial charge in [0.25, 0.3) is 5.91 Å². The predicted octanol–water partition coefficient (Wildman–Crippen LogP) is 4.12. The van der Waals surface area contributed by atoms with Crippen LogP contribution in [0.1, 0.15) is 63.2 Å². The van der Waals surface area contributed by atoms with E-state index in [-0.39, 0.29) is 11.8 Å². The first-order chi connectivity index (χ1) is 16.7. The normalized spacial score (nSPS) is 17.7. The third-order valence-electron chi connectivity index (χ3n) is 6.84. The third kappa shape index (κ3) is 5.04. The number of carbonyl (C=O) groups excluding carboxylic acids is 2. The van der Waals surface area contributed by atoms with E-state index in [1.807, 2.05) is 20.8 Å². The van der Waals surface area contributed by atoms with Crippen LogP contribution >= 0.6 is 0 Å². The zero-order valence-electron chi connectivity index (χ0n) is 21.4. The molecule has 2 N–H and O–H groups in total. The van der Waals surface area contributed by atoms with Crippen LogP contribution in [-0.2, 0) is 4.79 Å². The molecule has 4 rings (SSSR count). The average Bonchev–Trinajstić information content (AvgIpc) is 3.37. The van der Waals surface area contributed by atoms with Crippen molar-refractivity contribution in [2.75, 3.05) is 42.4 Å². The predicted molar refractivity (Wildman–Crippen MR) is 138 cm³/mol. The molecule has 1 aromatic heterocycles. The largest absolute Gasteiger partial charge is 0.495 e. The Hall–Kier alpha value is -3.36. The van der Waals surface area contributed by atoms with Crippen molar-refractivity contribution in [2.24, 2.45) is 5.41 Å². The lowest BCUT2D eigenvalue weighted by atomic mass is 9.91. The zero-order valence-corrected chi connectivity index (χ0v) is 21.4. The highest BCUT2D eigenvalue weighted by Crippen LogP contribution is 2.40. The zero-order chi connectivity index (χ0) is 25.2. The number of nitrogens with zero attached hydrogens (tertiary/aromatic N) is 4. The molecule has 0 unspecified atom stereocenters. The summed E-state index contributed by atoms with van der Waals surface area (Å²) in [5, 5.41) is 6.13. The van der Waals surface area contributed by atoms with Gasteiger partial charge in [0.1, 0.15) is 11.4 Å². The molecule has 0 spiro atoms. The molecule has 2 aliphatic rings. The molecular formula is C26H36N6O3. The maximum Gasteiger partial charge on any atom is 0.251 e. The van der Waals surface area contributed by atoms with Crippen molar-refractivity contribution in [1.29, 1.82) is 0 Å². The fraction of sp³-hybridized carbons (Fsp3) is 0.538. The first-order valence-corrected chi connectivity index (χ1v) is 12.4. The lowest BCUT2D eigenvalue weighted by Gasteiger charge is -2.34. The van der Waals surface area contributed by atoms with Crippen molar-refractivity contribution < 1.29 is 14.3 Å². The van der Waals surface area contributed by atoms with Crippen LogP contribution in [0.2, 0.25) is 0 Å². The van der Waals surface area contributed by atoms with Gasteiger partial charge in [0, 0.05) is 31.7 Å². The minimum atomic E-state index is -0.539. The molecule has 0 radical (unpaired) electrons. The minimum absolute atomic E-state index is 0.0576. The molecule has 0 bridgehead atoms. The van der Waals surface area contributed by atoms with Gasteiger partial charge in [-0.05, 0) is 51.3 Å². The van der Waals surface area contributed by atoms with Gasteiger partial charge in [0.2, 0.25) is 11.9 Å². The minimum Gasteiger partial charge on any atom is -0.495 e. The van der Waals surface area contributed by atoms with E-state index in [2.05, 4.69) is 20.5 Å². The molecule has 2 aromatic rings. The van der Waals surface area contributed by atoms with Gasteiger partial charge >= 0.3 is 0 Å². The molecule has 1 fully saturated rings. The van der Waals surface area contributed by atoms with Crippen LogP contribution in [0.5, 0.6) is 5.75 Å². The van der Waals surface area contributed by atoms with E-state index in [0.29, 0.717) is 47.8 Å². The topological polar surface area (TPSA) is 99.7 Å². The van der Waals surface area contributed by atoms with Crippen LogP contribution in [0.4, 0.5) is 23.1 Å². The number of anilines is 4. The van der Waals surface area contributed by atoms with Crippen LogP contribution in [0.25, 0.3) is 0 Å². The molecule has 2 heterocycles. The quantitative estimate of drug-likeness (QED) is 0.615. The Balaban J connectivity index is 1.67. The Labute approximate surface area is 207 Å². The number of carbonyl (C=O) groups is 2. The Kier molecular flexibility index (Phi) is 7.14. The molecule has 1 aliphatic heterocycles. The summed E-state index contributed by atoms with van der Waals surface area (Å²) in [4.78, 5) is 38.9. The van der Waals surface area contributed by atoms with Gasteiger partial charge < -0.3 is 25.2 Å². The number of nitrogens with one attached hydrogen (secondary N) is 2. The monoisotopic (exact) mass is 480 g/mol. The number of methoxy groups -OCH3 is 1. The number of fused-ring (bicyclic) bond motifs is 1. The highest BCUT2D eigenvalue weighted by atomic mass is 16.5. The molecule has 2 amide bonds. The van der Waals surface area contributed by atoms with Crippen LogP contribution in [0, 0.1) is 5.41 Å². The van der Waals surface area contributed by atoms with Crippen LogP contribution in [-0.4, -0.2) is 55.1 Å². The van der Waals surface area contributed by atoms with Crippen molar-refractivity contribution in [2.45, 2.75) is 58.9 Å². The molecule has 9 nitrogen and oxygen atoms in total. The summed E-state index contributed by atoms with van der Waals surface area (Å²) in [5.41, 5.74) is 1.36. The Bertz CT molecular complexity index is 1100. The number of benzene rings is 1. The van der Waals surface area contributed by atoms with Crippen molar-refractivity contribution in [3.05, 3.63) is 30.0 Å². The Morgan fingerprint density at radius 3 is 2.69 bits per heavy atom. The second-order valence-corrected chi connectivity index (χ2v) is 10.0. The molecule has 9 heteroatoms. The van der Waals surface area contributed by atoms with Crippen molar-refractivity contribution in [3.63, 3.8) is 0 Å². The highest BCUT2D eigenvalue weighted by Gasteiger charge is 2.41. The van der Waals surface area contributed by atoms with E-state index in [0.717, 1.165) is 25.1 Å². The molecule has 0 atom stereocenters. The molecule has 1 aliphatic carbocycles. The van der Waals surface area contributed by atoms with E-state index in [1.165, 1.54) is 12.8 Å². The second-order valence-electron chi connectivity index (χ2n) is 10.0. The van der Waals surface area contributed by atoms with Crippen molar-refractivity contribution >= 4 is 35.0 Å². The number of ether oxygens (including phenoxy) is 1. The summed E-state index contributed by atoms with van der Waals surface area (Å²) in [6, 6.07) is 5.60. The first-order valence-electron chi connectivity index (χ1n) is 12.4. The summed E-state index contributed by atoms with van der Waals surface area (Å²) in [7, 11) is 3.36. The van der Waals surface area contributed by atoms with E-state index < -0.39 is 5.41 Å². The van der Waals surface area contributed by atoms with Gasteiger partial charge in [-0.2, -0.15) is 4.98 Å². The lowest BCUT2D eigenvalue weighted by Crippen LogP contribution is -2.45. The molecule has 1 saturated carbocycles. The van der Waals surface area contributed by atoms with Crippen LogP contribution in [0.3, 0.4) is 0 Å². The number of hydrogen-bond donors (Lipinski definition) is 2. The summed E-state index contributed by atoms with van der Waals surface area (Å²) >= 11 is 0. The van der Waals surface area contributed by atoms with Gasteiger partial charge in [-0.1, -0.05) is 19.8 Å². The SMILES string of the molecule is CCCNC(=O)c1ccc(Nc2ncc3c(n2)N(C2CCCC2)CC(C)(C)C(=O)N3C)c(OC)c1. The fourth-order valence-corrected chi connectivity index (χ4v) is 4.92. The second kappa shape index (κ2) is 10.1. The van der Waals surface area contributed by atoms with E-state index in [9.17, 15) is 9.59 Å². The third-order valence-corrected chi connectivity index (χ3v) is 6.84. The molecule has 0 saturated heterocycles. The molecular weight excluding hydrogens is 444 g/mol. The van der Waals surface area contributed by atoms with E-state index in [4.69, 9.17) is 9.72 Å². The highest BCUT2D eigenvalue weighted by molar-refractivity contribution is 6.01. The smallest absolute Gasteiger partial charge is 0.251 e. The summed E-state index contributed by atoms with van der Waals surface area (Å²) in [6.07, 6.45) is 7.14. The molecule has 1 aromatic carbocycles. The molecule has 35 heavy (non-hydrogen) atoms. The number of aromatic nitrogens is 2. The fourth-order valence-electron chi connectivity index (χ4n) is 4.92. The van der Waals surface area contributed by atoms with Gasteiger partial charge in [-0.25, -0.2) is 4.98 Å². The number of hydrogen-bond acceptors (Lipinski definition) is 7. The van der Waals surface area contributed by atoms with Crippen LogP contribution < -0.4 is 25.2 Å². The van der Waals surface area contributed by atoms with Crippen LogP contribution in [0.15, 0.2) is 24.4 Å². The first kappa shape index (κ1) is 24.8. The van der Waals surface area contributed by atoms with Crippen molar-refractivity contribution in [3.8, 4) is 5.75 Å². The number of rotatable bonds is 7. The van der Waals surface area contributed by atoms with Gasteiger partial charge in [-0.3, -0.25) is 9.59 Å². The van der Waals surface area contributed by atoms with E-state index >= 15 is 0 Å². The summed E-state index contributed by atoms with van der Waals surface area (Å²) in [5.74, 6) is 1.62. The standard InChI is InChI=1S/C26H36N6O3/c1-6-13-27-23(33)17-11-12-19(21(14-17)35-5)29-25-28-15-20-22(30-25)32(18-9-7-8-10-18)16-26(2,3)24(34)31(20)4/h11-12,14-15,18H,6-10,13,16H2,1-5H3,(H,27,33)(H,28,29,30). The Morgan fingerprint density at radius 2 is 2.00 bits per heavy atom. The maximum atomic E-state index is 13.2. The average molecular weight is 481 g/mol. The van der Waals surface area contributed by atoms with Gasteiger partial charge in [-0.15, -0.1) is 0 Å². The Morgan fingerprint density at radius 1 is 1.26 bits per heavy atom. The summed E-state index contributed by atoms with van der Waals surface area (Å²) < 4.78 is 5.54. The van der Waals surface area contributed by atoms with E-state index in [1.54, 1.807) is 43.5 Å².